The van der Waals surface area contributed by atoms with Crippen molar-refractivity contribution in [1.82, 2.24) is 4.98 Å². The van der Waals surface area contributed by atoms with Crippen molar-refractivity contribution in [3.8, 4) is 10.6 Å². The average molecular weight is 282 g/mol. The number of halogens is 3. The molecule has 98 valence electrons. The second kappa shape index (κ2) is 4.16. The Balaban J connectivity index is 2.23. The zero-order chi connectivity index (χ0) is 13.6. The molecule has 2 aromatic rings. The molecular formula is C13H9F3N2S. The van der Waals surface area contributed by atoms with E-state index < -0.39 is 11.7 Å². The number of nitrogens with zero attached hydrogens (tertiary/aromatic N) is 2. The zero-order valence-electron chi connectivity index (χ0n) is 9.95. The molecule has 0 bridgehead atoms. The number of hydrogen-bond acceptors (Lipinski definition) is 3. The van der Waals surface area contributed by atoms with Crippen molar-refractivity contribution in [3.63, 3.8) is 0 Å². The number of aliphatic imine (C=N–C) groups is 1. The van der Waals surface area contributed by atoms with Gasteiger partial charge in [0.2, 0.25) is 0 Å². The van der Waals surface area contributed by atoms with Gasteiger partial charge in [0.05, 0.1) is 11.3 Å². The van der Waals surface area contributed by atoms with Crippen LogP contribution in [0.25, 0.3) is 10.6 Å². The summed E-state index contributed by atoms with van der Waals surface area (Å²) in [5.41, 5.74) is 1.94. The fourth-order valence-electron chi connectivity index (χ4n) is 2.15. The molecule has 19 heavy (non-hydrogen) atoms. The molecule has 0 spiro atoms. The van der Waals surface area contributed by atoms with Gasteiger partial charge >= 0.3 is 6.18 Å². The Bertz CT molecular complexity index is 657. The SMILES string of the molecule is CC1=Nc2cc(C(F)(F)F)cc(-c3nccs3)c2C1. The van der Waals surface area contributed by atoms with Crippen molar-refractivity contribution >= 4 is 22.7 Å². The van der Waals surface area contributed by atoms with E-state index in [4.69, 9.17) is 0 Å². The van der Waals surface area contributed by atoms with Crippen LogP contribution in [0.1, 0.15) is 18.1 Å². The predicted molar refractivity (Wildman–Crippen MR) is 69.0 cm³/mol. The van der Waals surface area contributed by atoms with E-state index in [2.05, 4.69) is 9.98 Å². The normalized spacial score (nSPS) is 14.4. The largest absolute Gasteiger partial charge is 0.416 e. The maximum atomic E-state index is 12.9. The van der Waals surface area contributed by atoms with Crippen LogP contribution in [0.2, 0.25) is 0 Å². The van der Waals surface area contributed by atoms with E-state index in [0.29, 0.717) is 22.7 Å². The van der Waals surface area contributed by atoms with Crippen LogP contribution in [0.15, 0.2) is 28.7 Å². The molecule has 3 rings (SSSR count). The number of fused-ring (bicyclic) bond motifs is 1. The van der Waals surface area contributed by atoms with Crippen LogP contribution >= 0.6 is 11.3 Å². The Morgan fingerprint density at radius 1 is 1.26 bits per heavy atom. The Kier molecular flexibility index (Phi) is 2.70. The molecule has 0 saturated carbocycles. The highest BCUT2D eigenvalue weighted by atomic mass is 32.1. The number of benzene rings is 1. The average Bonchev–Trinajstić information content (AvgIpc) is 2.92. The van der Waals surface area contributed by atoms with Crippen molar-refractivity contribution < 1.29 is 13.2 Å². The van der Waals surface area contributed by atoms with Crippen LogP contribution < -0.4 is 0 Å². The molecule has 2 nitrogen and oxygen atoms in total. The van der Waals surface area contributed by atoms with Gasteiger partial charge in [-0.3, -0.25) is 4.99 Å². The molecule has 0 amide bonds. The molecule has 0 radical (unpaired) electrons. The lowest BCUT2D eigenvalue weighted by Gasteiger charge is -2.11. The van der Waals surface area contributed by atoms with Gasteiger partial charge in [0.25, 0.3) is 0 Å². The van der Waals surface area contributed by atoms with E-state index in [-0.39, 0.29) is 0 Å². The summed E-state index contributed by atoms with van der Waals surface area (Å²) >= 11 is 1.33. The Morgan fingerprint density at radius 3 is 2.68 bits per heavy atom. The molecule has 1 aromatic carbocycles. The first-order valence-electron chi connectivity index (χ1n) is 5.63. The third-order valence-electron chi connectivity index (χ3n) is 2.96. The van der Waals surface area contributed by atoms with E-state index in [1.165, 1.54) is 17.4 Å². The lowest BCUT2D eigenvalue weighted by atomic mass is 10.00. The van der Waals surface area contributed by atoms with Crippen LogP contribution in [0.3, 0.4) is 0 Å². The summed E-state index contributed by atoms with van der Waals surface area (Å²) in [5.74, 6) is 0. The van der Waals surface area contributed by atoms with E-state index in [9.17, 15) is 13.2 Å². The van der Waals surface area contributed by atoms with E-state index in [0.717, 1.165) is 17.3 Å². The van der Waals surface area contributed by atoms with Crippen molar-refractivity contribution in [2.24, 2.45) is 4.99 Å². The summed E-state index contributed by atoms with van der Waals surface area (Å²) in [5, 5.41) is 2.36. The summed E-state index contributed by atoms with van der Waals surface area (Å²) in [6, 6.07) is 2.29. The number of hydrogen-bond donors (Lipinski definition) is 0. The van der Waals surface area contributed by atoms with E-state index in [1.807, 2.05) is 6.92 Å². The maximum Gasteiger partial charge on any atom is 0.416 e. The predicted octanol–water partition coefficient (Wildman–Crippen LogP) is 4.48. The minimum absolute atomic E-state index is 0.414. The second-order valence-electron chi connectivity index (χ2n) is 4.38. The topological polar surface area (TPSA) is 25.2 Å². The number of rotatable bonds is 1. The third-order valence-corrected chi connectivity index (χ3v) is 3.77. The zero-order valence-corrected chi connectivity index (χ0v) is 10.8. The molecule has 1 aromatic heterocycles. The number of alkyl halides is 3. The van der Waals surface area contributed by atoms with Crippen LogP contribution in [0, 0.1) is 0 Å². The smallest absolute Gasteiger partial charge is 0.257 e. The maximum absolute atomic E-state index is 12.9. The molecule has 0 saturated heterocycles. The second-order valence-corrected chi connectivity index (χ2v) is 5.27. The van der Waals surface area contributed by atoms with E-state index in [1.54, 1.807) is 11.6 Å². The van der Waals surface area contributed by atoms with Crippen molar-refractivity contribution in [1.29, 1.82) is 0 Å². The first-order chi connectivity index (χ1) is 8.95. The monoisotopic (exact) mass is 282 g/mol. The fraction of sp³-hybridized carbons (Fsp3) is 0.231. The highest BCUT2D eigenvalue weighted by Crippen LogP contribution is 2.41. The number of thiazole rings is 1. The molecule has 0 N–H and O–H groups in total. The van der Waals surface area contributed by atoms with Gasteiger partial charge in [0.1, 0.15) is 5.01 Å². The first-order valence-corrected chi connectivity index (χ1v) is 6.51. The van der Waals surface area contributed by atoms with Crippen LogP contribution in [0.5, 0.6) is 0 Å². The van der Waals surface area contributed by atoms with Gasteiger partial charge in [-0.2, -0.15) is 13.2 Å². The van der Waals surface area contributed by atoms with Gasteiger partial charge in [0, 0.05) is 29.3 Å². The van der Waals surface area contributed by atoms with Crippen molar-refractivity contribution in [2.45, 2.75) is 19.5 Å². The molecule has 6 heteroatoms. The molecule has 0 unspecified atom stereocenters. The van der Waals surface area contributed by atoms with Crippen molar-refractivity contribution in [3.05, 3.63) is 34.8 Å². The first kappa shape index (κ1) is 12.3. The summed E-state index contributed by atoms with van der Waals surface area (Å²) < 4.78 is 38.7. The fourth-order valence-corrected chi connectivity index (χ4v) is 2.84. The van der Waals surface area contributed by atoms with Gasteiger partial charge in [-0.1, -0.05) is 0 Å². The molecule has 0 fully saturated rings. The van der Waals surface area contributed by atoms with Crippen LogP contribution in [0.4, 0.5) is 18.9 Å². The Morgan fingerprint density at radius 2 is 2.05 bits per heavy atom. The van der Waals surface area contributed by atoms with Crippen molar-refractivity contribution in [2.75, 3.05) is 0 Å². The molecular weight excluding hydrogens is 273 g/mol. The van der Waals surface area contributed by atoms with Crippen LogP contribution in [-0.2, 0) is 12.6 Å². The van der Waals surface area contributed by atoms with Gasteiger partial charge in [-0.05, 0) is 24.6 Å². The molecule has 2 heterocycles. The lowest BCUT2D eigenvalue weighted by molar-refractivity contribution is -0.137. The van der Waals surface area contributed by atoms with E-state index >= 15 is 0 Å². The van der Waals surface area contributed by atoms with Gasteiger partial charge in [-0.25, -0.2) is 4.98 Å². The summed E-state index contributed by atoms with van der Waals surface area (Å²) in [6.07, 6.45) is -2.19. The summed E-state index contributed by atoms with van der Waals surface area (Å²) in [6.45, 7) is 1.82. The quantitative estimate of drug-likeness (QED) is 0.757. The van der Waals surface area contributed by atoms with Crippen LogP contribution in [-0.4, -0.2) is 10.7 Å². The third kappa shape index (κ3) is 2.16. The Labute approximate surface area is 111 Å². The highest BCUT2D eigenvalue weighted by molar-refractivity contribution is 7.13. The van der Waals surface area contributed by atoms with Gasteiger partial charge in [-0.15, -0.1) is 11.3 Å². The highest BCUT2D eigenvalue weighted by Gasteiger charge is 2.33. The number of aromatic nitrogens is 1. The van der Waals surface area contributed by atoms with Gasteiger partial charge in [0.15, 0.2) is 0 Å². The lowest BCUT2D eigenvalue weighted by Crippen LogP contribution is -2.05. The van der Waals surface area contributed by atoms with Gasteiger partial charge < -0.3 is 0 Å². The summed E-state index contributed by atoms with van der Waals surface area (Å²) in [4.78, 5) is 8.30. The molecule has 1 aliphatic heterocycles. The summed E-state index contributed by atoms with van der Waals surface area (Å²) in [7, 11) is 0. The molecule has 1 aliphatic rings. The minimum Gasteiger partial charge on any atom is -0.257 e. The minimum atomic E-state index is -4.37. The molecule has 0 aliphatic carbocycles. The molecule has 0 atom stereocenters. The Hall–Kier alpha value is -1.69. The standard InChI is InChI=1S/C13H9F3N2S/c1-7-4-9-10(12-17-2-3-19-12)5-8(13(14,15)16)6-11(9)18-7/h2-3,5-6H,4H2,1H3.